The van der Waals surface area contributed by atoms with E-state index in [2.05, 4.69) is 57.7 Å². The topological polar surface area (TPSA) is 29.5 Å². The zero-order valence-corrected chi connectivity index (χ0v) is 16.0. The van der Waals surface area contributed by atoms with Gasteiger partial charge < -0.3 is 9.64 Å². The van der Waals surface area contributed by atoms with Gasteiger partial charge in [-0.1, -0.05) is 50.8 Å². The largest absolute Gasteiger partial charge is 0.360 e. The smallest absolute Gasteiger partial charge is 0.258 e. The third-order valence-corrected chi connectivity index (χ3v) is 8.20. The first-order valence-electron chi connectivity index (χ1n) is 10.0. The molecular weight excluding hydrogens is 322 g/mol. The Labute approximate surface area is 156 Å². The highest BCUT2D eigenvalue weighted by Crippen LogP contribution is 2.70. The molecule has 2 aliphatic heterocycles. The Bertz CT molecular complexity index is 757. The third-order valence-electron chi connectivity index (χ3n) is 8.20. The molecular formula is C23H29NO2. The molecule has 4 aliphatic rings. The van der Waals surface area contributed by atoms with Gasteiger partial charge in [-0.2, -0.15) is 0 Å². The van der Waals surface area contributed by atoms with E-state index in [4.69, 9.17) is 4.74 Å². The molecule has 1 amide bonds. The number of amides is 1. The molecule has 2 saturated heterocycles. The fourth-order valence-electron chi connectivity index (χ4n) is 6.55. The molecule has 4 fully saturated rings. The lowest BCUT2D eigenvalue weighted by atomic mass is 9.61. The van der Waals surface area contributed by atoms with Gasteiger partial charge in [0.15, 0.2) is 6.10 Å². The van der Waals surface area contributed by atoms with Crippen molar-refractivity contribution in [3.05, 3.63) is 48.7 Å². The average molecular weight is 351 g/mol. The third kappa shape index (κ3) is 2.07. The van der Waals surface area contributed by atoms with Gasteiger partial charge in [-0.3, -0.25) is 4.79 Å². The SMILES string of the molecule is C=CN1C(=O)[C@@H]2O[C@]3(C)C[C@H]4[C@@H](CC3[C@@H](Cc3ccccc3)[C@@H]21)C4(C)C. The van der Waals surface area contributed by atoms with E-state index < -0.39 is 0 Å². The second-order valence-corrected chi connectivity index (χ2v) is 9.70. The van der Waals surface area contributed by atoms with Crippen LogP contribution in [0, 0.1) is 29.1 Å². The Hall–Kier alpha value is -1.61. The van der Waals surface area contributed by atoms with Crippen molar-refractivity contribution in [2.75, 3.05) is 0 Å². The highest BCUT2D eigenvalue weighted by Gasteiger charge is 2.70. The summed E-state index contributed by atoms with van der Waals surface area (Å²) >= 11 is 0. The van der Waals surface area contributed by atoms with Crippen molar-refractivity contribution in [3.8, 4) is 0 Å². The lowest BCUT2D eigenvalue weighted by molar-refractivity contribution is -0.249. The van der Waals surface area contributed by atoms with E-state index in [1.807, 2.05) is 4.90 Å². The van der Waals surface area contributed by atoms with Gasteiger partial charge in [0.25, 0.3) is 5.91 Å². The van der Waals surface area contributed by atoms with Crippen molar-refractivity contribution in [2.45, 2.75) is 57.8 Å². The zero-order valence-electron chi connectivity index (χ0n) is 16.0. The summed E-state index contributed by atoms with van der Waals surface area (Å²) in [5.74, 6) is 2.60. The molecule has 1 aromatic rings. The molecule has 0 spiro atoms. The summed E-state index contributed by atoms with van der Waals surface area (Å²) in [7, 11) is 0. The quantitative estimate of drug-likeness (QED) is 0.769. The molecule has 0 radical (unpaired) electrons. The van der Waals surface area contributed by atoms with Crippen molar-refractivity contribution in [1.82, 2.24) is 4.90 Å². The van der Waals surface area contributed by atoms with Crippen LogP contribution in [-0.4, -0.2) is 28.6 Å². The Morgan fingerprint density at radius 1 is 1.19 bits per heavy atom. The minimum atomic E-state index is -0.277. The number of carbonyl (C=O) groups is 1. The van der Waals surface area contributed by atoms with Gasteiger partial charge in [0, 0.05) is 6.20 Å². The molecule has 7 atom stereocenters. The highest BCUT2D eigenvalue weighted by molar-refractivity contribution is 5.89. The van der Waals surface area contributed by atoms with E-state index in [1.165, 1.54) is 12.0 Å². The van der Waals surface area contributed by atoms with Gasteiger partial charge >= 0.3 is 0 Å². The van der Waals surface area contributed by atoms with E-state index in [0.717, 1.165) is 24.7 Å². The van der Waals surface area contributed by atoms with E-state index >= 15 is 0 Å². The van der Waals surface area contributed by atoms with E-state index in [0.29, 0.717) is 17.3 Å². The fraction of sp³-hybridized carbons (Fsp3) is 0.609. The number of likely N-dealkylation sites (tertiary alicyclic amines) is 1. The van der Waals surface area contributed by atoms with Gasteiger partial charge in [-0.25, -0.2) is 0 Å². The van der Waals surface area contributed by atoms with Crippen LogP contribution < -0.4 is 0 Å². The highest BCUT2D eigenvalue weighted by atomic mass is 16.5. The van der Waals surface area contributed by atoms with Crippen LogP contribution in [-0.2, 0) is 16.0 Å². The first kappa shape index (κ1) is 16.6. The van der Waals surface area contributed by atoms with E-state index in [9.17, 15) is 4.79 Å². The number of hydrogen-bond acceptors (Lipinski definition) is 2. The number of carbonyl (C=O) groups excluding carboxylic acids is 1. The number of ether oxygens (including phenoxy) is 1. The van der Waals surface area contributed by atoms with Crippen LogP contribution in [0.1, 0.15) is 39.2 Å². The molecule has 0 bridgehead atoms. The summed E-state index contributed by atoms with van der Waals surface area (Å²) in [5.41, 5.74) is 1.63. The van der Waals surface area contributed by atoms with Crippen LogP contribution in [0.3, 0.4) is 0 Å². The Morgan fingerprint density at radius 2 is 1.92 bits per heavy atom. The predicted molar refractivity (Wildman–Crippen MR) is 101 cm³/mol. The van der Waals surface area contributed by atoms with Gasteiger partial charge in [0.2, 0.25) is 0 Å². The van der Waals surface area contributed by atoms with Crippen LogP contribution in [0.5, 0.6) is 0 Å². The van der Waals surface area contributed by atoms with Crippen LogP contribution in [0.4, 0.5) is 0 Å². The molecule has 138 valence electrons. The monoisotopic (exact) mass is 351 g/mol. The summed E-state index contributed by atoms with van der Waals surface area (Å²) in [6, 6.07) is 10.9. The van der Waals surface area contributed by atoms with Crippen molar-refractivity contribution in [1.29, 1.82) is 0 Å². The van der Waals surface area contributed by atoms with E-state index in [-0.39, 0.29) is 23.7 Å². The number of β-lactam (4-membered cyclic amide) rings is 1. The summed E-state index contributed by atoms with van der Waals surface area (Å²) in [4.78, 5) is 14.4. The molecule has 1 unspecified atom stereocenters. The number of nitrogens with zero attached hydrogens (tertiary/aromatic N) is 1. The zero-order chi connectivity index (χ0) is 18.3. The maximum atomic E-state index is 12.6. The molecule has 0 N–H and O–H groups in total. The van der Waals surface area contributed by atoms with E-state index in [1.54, 1.807) is 6.20 Å². The lowest BCUT2D eigenvalue weighted by Gasteiger charge is -2.61. The maximum Gasteiger partial charge on any atom is 0.258 e. The summed E-state index contributed by atoms with van der Waals surface area (Å²) in [5, 5.41) is 0. The van der Waals surface area contributed by atoms with Crippen LogP contribution in [0.15, 0.2) is 43.1 Å². The molecule has 2 aliphatic carbocycles. The molecule has 1 aromatic carbocycles. The first-order valence-corrected chi connectivity index (χ1v) is 10.0. The molecule has 2 heterocycles. The number of benzene rings is 1. The minimum Gasteiger partial charge on any atom is -0.360 e. The van der Waals surface area contributed by atoms with Crippen molar-refractivity contribution < 1.29 is 9.53 Å². The predicted octanol–water partition coefficient (Wildman–Crippen LogP) is 4.04. The van der Waals surface area contributed by atoms with Crippen molar-refractivity contribution in [2.24, 2.45) is 29.1 Å². The second-order valence-electron chi connectivity index (χ2n) is 9.70. The molecule has 0 aromatic heterocycles. The maximum absolute atomic E-state index is 12.6. The van der Waals surface area contributed by atoms with Gasteiger partial charge in [0.05, 0.1) is 11.6 Å². The van der Waals surface area contributed by atoms with Crippen LogP contribution in [0.25, 0.3) is 0 Å². The fourth-order valence-corrected chi connectivity index (χ4v) is 6.55. The number of fused-ring (bicyclic) bond motifs is 3. The standard InChI is InChI=1S/C23H29NO2/c1-5-24-19-15(11-14-9-7-6-8-10-14)16-12-17-18(22(17,2)3)13-23(16,4)26-20(19)21(24)25/h5-10,15-20H,1,11-13H2,2-4H3/t15-,16?,17-,18+,19+,20-,23-/m1/s1. The van der Waals surface area contributed by atoms with Crippen LogP contribution in [0.2, 0.25) is 0 Å². The molecule has 3 heteroatoms. The van der Waals surface area contributed by atoms with Crippen molar-refractivity contribution in [3.63, 3.8) is 0 Å². The number of hydrogen-bond donors (Lipinski definition) is 0. The molecule has 26 heavy (non-hydrogen) atoms. The number of rotatable bonds is 3. The van der Waals surface area contributed by atoms with Crippen molar-refractivity contribution >= 4 is 5.91 Å². The molecule has 3 nitrogen and oxygen atoms in total. The Kier molecular flexibility index (Phi) is 3.32. The Morgan fingerprint density at radius 3 is 2.62 bits per heavy atom. The van der Waals surface area contributed by atoms with Crippen LogP contribution >= 0.6 is 0 Å². The first-order chi connectivity index (χ1) is 12.4. The minimum absolute atomic E-state index is 0.0971. The lowest BCUT2D eigenvalue weighted by Crippen LogP contribution is -2.74. The Balaban J connectivity index is 1.51. The molecule has 2 saturated carbocycles. The normalized spacial score (nSPS) is 45.0. The van der Waals surface area contributed by atoms with Gasteiger partial charge in [-0.05, 0) is 60.8 Å². The summed E-state index contributed by atoms with van der Waals surface area (Å²) < 4.78 is 6.54. The summed E-state index contributed by atoms with van der Waals surface area (Å²) in [6.45, 7) is 11.0. The molecule has 5 rings (SSSR count). The van der Waals surface area contributed by atoms with Gasteiger partial charge in [0.1, 0.15) is 0 Å². The second kappa shape index (κ2) is 5.22. The average Bonchev–Trinajstić information content (AvgIpc) is 3.14. The van der Waals surface area contributed by atoms with Gasteiger partial charge in [-0.15, -0.1) is 0 Å². The summed E-state index contributed by atoms with van der Waals surface area (Å²) in [6.07, 6.45) is 4.78.